The van der Waals surface area contributed by atoms with Gasteiger partial charge in [-0.2, -0.15) is 16.2 Å². The Balaban J connectivity index is 2.83. The zero-order valence-electron chi connectivity index (χ0n) is 3.40. The molecule has 6 heavy (non-hydrogen) atoms. The molecule has 0 aliphatic carbocycles. The van der Waals surface area contributed by atoms with Crippen LogP contribution in [0.15, 0.2) is 0 Å². The van der Waals surface area contributed by atoms with Crippen molar-refractivity contribution in [3.05, 3.63) is 0 Å². The Morgan fingerprint density at radius 3 is 2.50 bits per heavy atom. The molecule has 0 rings (SSSR count). The standard InChI is InChI=1S/C3H5FOS/c1-6-2-3(4)5/h2H2,1H3. The highest BCUT2D eigenvalue weighted by atomic mass is 32.2. The molecular formula is C3H5FOS. The van der Waals surface area contributed by atoms with Crippen molar-refractivity contribution in [1.29, 1.82) is 0 Å². The number of rotatable bonds is 2. The fraction of sp³-hybridized carbons (Fsp3) is 0.667. The lowest BCUT2D eigenvalue weighted by molar-refractivity contribution is -0.126. The Bertz CT molecular complexity index is 54.8. The molecule has 0 fully saturated rings. The van der Waals surface area contributed by atoms with Crippen molar-refractivity contribution in [2.75, 3.05) is 12.0 Å². The number of carbonyl (C=O) groups is 1. The molecule has 0 atom stereocenters. The van der Waals surface area contributed by atoms with Gasteiger partial charge in [0, 0.05) is 0 Å². The van der Waals surface area contributed by atoms with Crippen molar-refractivity contribution in [3.63, 3.8) is 0 Å². The van der Waals surface area contributed by atoms with Gasteiger partial charge in [-0.15, -0.1) is 0 Å². The van der Waals surface area contributed by atoms with Gasteiger partial charge in [0.25, 0.3) is 0 Å². The van der Waals surface area contributed by atoms with Crippen LogP contribution in [0.5, 0.6) is 0 Å². The predicted molar refractivity (Wildman–Crippen MR) is 24.5 cm³/mol. The second kappa shape index (κ2) is 3.15. The molecule has 36 valence electrons. The quantitative estimate of drug-likeness (QED) is 0.488. The first-order valence-corrected chi connectivity index (χ1v) is 2.84. The van der Waals surface area contributed by atoms with E-state index in [1.54, 1.807) is 6.26 Å². The minimum absolute atomic E-state index is 0.0139. The third kappa shape index (κ3) is 3.95. The molecule has 0 heterocycles. The summed E-state index contributed by atoms with van der Waals surface area (Å²) in [6.07, 6.45) is 1.68. The summed E-state index contributed by atoms with van der Waals surface area (Å²) in [5.41, 5.74) is 0. The normalized spacial score (nSPS) is 8.33. The number of carbonyl (C=O) groups excluding carboxylic acids is 1. The van der Waals surface area contributed by atoms with Crippen LogP contribution in [0.25, 0.3) is 0 Å². The molecule has 0 bridgehead atoms. The van der Waals surface area contributed by atoms with E-state index in [0.29, 0.717) is 0 Å². The third-order valence-electron chi connectivity index (χ3n) is 0.258. The molecule has 0 saturated heterocycles. The Hall–Kier alpha value is -0.0500. The van der Waals surface area contributed by atoms with Crippen LogP contribution >= 0.6 is 11.8 Å². The van der Waals surface area contributed by atoms with Gasteiger partial charge in [0.15, 0.2) is 0 Å². The highest BCUT2D eigenvalue weighted by Gasteiger charge is 1.90. The summed E-state index contributed by atoms with van der Waals surface area (Å²) in [5, 5.41) is 0. The average Bonchev–Trinajstić information content (AvgIpc) is 1.35. The van der Waals surface area contributed by atoms with Crippen LogP contribution in [0.1, 0.15) is 0 Å². The monoisotopic (exact) mass is 108 g/mol. The Labute approximate surface area is 39.9 Å². The molecule has 0 aliphatic rings. The van der Waals surface area contributed by atoms with Gasteiger partial charge in [-0.05, 0) is 6.26 Å². The van der Waals surface area contributed by atoms with E-state index >= 15 is 0 Å². The zero-order chi connectivity index (χ0) is 4.99. The van der Waals surface area contributed by atoms with Gasteiger partial charge in [-0.25, -0.2) is 0 Å². The van der Waals surface area contributed by atoms with Gasteiger partial charge in [0.05, 0.1) is 5.75 Å². The second-order valence-electron chi connectivity index (χ2n) is 0.788. The molecular weight excluding hydrogens is 103 g/mol. The fourth-order valence-corrected chi connectivity index (χ4v) is 0.340. The summed E-state index contributed by atoms with van der Waals surface area (Å²) in [5.74, 6) is -0.0139. The summed E-state index contributed by atoms with van der Waals surface area (Å²) >= 11 is 1.19. The Kier molecular flexibility index (Phi) is 3.13. The van der Waals surface area contributed by atoms with Crippen LogP contribution < -0.4 is 0 Å². The van der Waals surface area contributed by atoms with E-state index in [9.17, 15) is 9.18 Å². The van der Waals surface area contributed by atoms with Crippen LogP contribution in [0, 0.1) is 0 Å². The first-order valence-electron chi connectivity index (χ1n) is 1.44. The first kappa shape index (κ1) is 5.95. The van der Waals surface area contributed by atoms with Crippen molar-refractivity contribution in [2.24, 2.45) is 0 Å². The Morgan fingerprint density at radius 1 is 2.00 bits per heavy atom. The van der Waals surface area contributed by atoms with Crippen molar-refractivity contribution in [1.82, 2.24) is 0 Å². The summed E-state index contributed by atoms with van der Waals surface area (Å²) < 4.78 is 11.0. The highest BCUT2D eigenvalue weighted by Crippen LogP contribution is 1.90. The molecule has 0 aliphatic heterocycles. The zero-order valence-corrected chi connectivity index (χ0v) is 4.22. The van der Waals surface area contributed by atoms with E-state index in [1.165, 1.54) is 11.8 Å². The van der Waals surface area contributed by atoms with Crippen molar-refractivity contribution < 1.29 is 9.18 Å². The number of halogens is 1. The van der Waals surface area contributed by atoms with Crippen LogP contribution in [0.2, 0.25) is 0 Å². The smallest absolute Gasteiger partial charge is 0.260 e. The third-order valence-corrected chi connectivity index (χ3v) is 0.773. The van der Waals surface area contributed by atoms with E-state index in [1.807, 2.05) is 0 Å². The maximum atomic E-state index is 11.0. The van der Waals surface area contributed by atoms with Crippen molar-refractivity contribution in [2.45, 2.75) is 0 Å². The Morgan fingerprint density at radius 2 is 2.50 bits per heavy atom. The van der Waals surface area contributed by atoms with E-state index in [0.717, 1.165) is 0 Å². The average molecular weight is 108 g/mol. The molecule has 0 aromatic carbocycles. The van der Waals surface area contributed by atoms with E-state index in [-0.39, 0.29) is 5.75 Å². The molecule has 0 saturated carbocycles. The van der Waals surface area contributed by atoms with Gasteiger partial charge in [0.2, 0.25) is 0 Å². The van der Waals surface area contributed by atoms with E-state index < -0.39 is 6.04 Å². The summed E-state index contributed by atoms with van der Waals surface area (Å²) in [6, 6.07) is -1.25. The second-order valence-corrected chi connectivity index (χ2v) is 1.65. The molecule has 1 nitrogen and oxygen atoms in total. The first-order chi connectivity index (χ1) is 2.77. The minimum atomic E-state index is -1.25. The molecule has 0 spiro atoms. The molecule has 0 radical (unpaired) electrons. The molecule has 3 heteroatoms. The molecule has 0 amide bonds. The minimum Gasteiger partial charge on any atom is -0.260 e. The molecule has 0 aromatic heterocycles. The lowest BCUT2D eigenvalue weighted by atomic mass is 10.9. The predicted octanol–water partition coefficient (Wildman–Crippen LogP) is 0.846. The van der Waals surface area contributed by atoms with Gasteiger partial charge in [-0.1, -0.05) is 0 Å². The largest absolute Gasteiger partial charge is 0.311 e. The van der Waals surface area contributed by atoms with Crippen LogP contribution in [0.4, 0.5) is 4.39 Å². The number of thioether (sulfide) groups is 1. The van der Waals surface area contributed by atoms with Crippen LogP contribution in [-0.2, 0) is 4.79 Å². The molecule has 0 aromatic rings. The summed E-state index contributed by atoms with van der Waals surface area (Å²) in [4.78, 5) is 9.36. The fourth-order valence-electron chi connectivity index (χ4n) is 0.113. The van der Waals surface area contributed by atoms with E-state index in [4.69, 9.17) is 0 Å². The van der Waals surface area contributed by atoms with E-state index in [2.05, 4.69) is 0 Å². The molecule has 0 N–H and O–H groups in total. The summed E-state index contributed by atoms with van der Waals surface area (Å²) in [7, 11) is 0. The SMILES string of the molecule is CSCC(=O)F. The van der Waals surface area contributed by atoms with Gasteiger partial charge >= 0.3 is 6.04 Å². The number of hydrogen-bond donors (Lipinski definition) is 0. The maximum Gasteiger partial charge on any atom is 0.311 e. The lowest BCUT2D eigenvalue weighted by Gasteiger charge is -1.77. The number of hydrogen-bond acceptors (Lipinski definition) is 2. The highest BCUT2D eigenvalue weighted by molar-refractivity contribution is 7.99. The molecule has 0 unspecified atom stereocenters. The maximum absolute atomic E-state index is 11.0. The van der Waals surface area contributed by atoms with Crippen molar-refractivity contribution >= 4 is 17.8 Å². The van der Waals surface area contributed by atoms with Crippen LogP contribution in [0.3, 0.4) is 0 Å². The van der Waals surface area contributed by atoms with Gasteiger partial charge in [-0.3, -0.25) is 4.79 Å². The van der Waals surface area contributed by atoms with Crippen molar-refractivity contribution in [3.8, 4) is 0 Å². The lowest BCUT2D eigenvalue weighted by Crippen LogP contribution is -1.87. The van der Waals surface area contributed by atoms with Crippen LogP contribution in [-0.4, -0.2) is 18.0 Å². The van der Waals surface area contributed by atoms with Gasteiger partial charge in [0.1, 0.15) is 0 Å². The van der Waals surface area contributed by atoms with Gasteiger partial charge < -0.3 is 0 Å². The summed E-state index contributed by atoms with van der Waals surface area (Å²) in [6.45, 7) is 0. The topological polar surface area (TPSA) is 17.1 Å².